The van der Waals surface area contributed by atoms with Crippen molar-refractivity contribution in [3.8, 4) is 11.5 Å². The van der Waals surface area contributed by atoms with Gasteiger partial charge in [-0.1, -0.05) is 35.3 Å². The maximum absolute atomic E-state index is 11.7. The summed E-state index contributed by atoms with van der Waals surface area (Å²) in [6.07, 6.45) is 1.66. The molecule has 0 aliphatic heterocycles. The second-order valence-corrected chi connectivity index (χ2v) is 5.18. The Bertz CT molecular complexity index is 774. The Balaban J connectivity index is 2.20. The number of hydrogen-bond donors (Lipinski definition) is 2. The number of ether oxygens (including phenoxy) is 1. The molecule has 0 aliphatic carbocycles. The molecule has 0 unspecified atom stereocenters. The first-order valence-electron chi connectivity index (χ1n) is 6.39. The number of carbonyl (C=O) groups is 2. The van der Waals surface area contributed by atoms with Gasteiger partial charge in [0.15, 0.2) is 5.75 Å². The molecule has 0 radical (unpaired) electrons. The summed E-state index contributed by atoms with van der Waals surface area (Å²) in [4.78, 5) is 22.1. The van der Waals surface area contributed by atoms with E-state index in [0.717, 1.165) is 12.2 Å². The van der Waals surface area contributed by atoms with E-state index in [0.29, 0.717) is 27.2 Å². The molecule has 0 aliphatic rings. The number of hydrogen-bond acceptors (Lipinski definition) is 3. The van der Waals surface area contributed by atoms with Gasteiger partial charge in [0.1, 0.15) is 5.75 Å². The SMILES string of the molecule is O=C(O)/C=C\C(=O)Nc1ccccc1Oc1ccc(Cl)cc1Cl. The molecular weight excluding hydrogens is 341 g/mol. The van der Waals surface area contributed by atoms with Gasteiger partial charge in [-0.25, -0.2) is 4.79 Å². The minimum atomic E-state index is -1.21. The van der Waals surface area contributed by atoms with E-state index in [1.54, 1.807) is 36.4 Å². The second kappa shape index (κ2) is 7.67. The zero-order valence-corrected chi connectivity index (χ0v) is 13.1. The molecule has 118 valence electrons. The normalized spacial score (nSPS) is 10.5. The highest BCUT2D eigenvalue weighted by atomic mass is 35.5. The van der Waals surface area contributed by atoms with E-state index in [4.69, 9.17) is 33.0 Å². The maximum Gasteiger partial charge on any atom is 0.328 e. The van der Waals surface area contributed by atoms with Crippen molar-refractivity contribution in [1.82, 2.24) is 0 Å². The predicted octanol–water partition coefficient (Wildman–Crippen LogP) is 4.37. The first-order valence-corrected chi connectivity index (χ1v) is 7.15. The summed E-state index contributed by atoms with van der Waals surface area (Å²) in [5.41, 5.74) is 0.374. The molecule has 2 aromatic rings. The molecule has 0 saturated carbocycles. The maximum atomic E-state index is 11.7. The summed E-state index contributed by atoms with van der Waals surface area (Å²) in [5.74, 6) is -1.07. The van der Waals surface area contributed by atoms with Crippen LogP contribution < -0.4 is 10.1 Å². The summed E-state index contributed by atoms with van der Waals surface area (Å²) in [6, 6.07) is 11.4. The van der Waals surface area contributed by atoms with Gasteiger partial charge in [-0.05, 0) is 30.3 Å². The van der Waals surface area contributed by atoms with Gasteiger partial charge in [0, 0.05) is 17.2 Å². The van der Waals surface area contributed by atoms with Crippen LogP contribution in [0.1, 0.15) is 0 Å². The monoisotopic (exact) mass is 351 g/mol. The smallest absolute Gasteiger partial charge is 0.328 e. The van der Waals surface area contributed by atoms with Gasteiger partial charge >= 0.3 is 5.97 Å². The molecule has 0 atom stereocenters. The second-order valence-electron chi connectivity index (χ2n) is 4.33. The Hall–Kier alpha value is -2.50. The zero-order chi connectivity index (χ0) is 16.8. The van der Waals surface area contributed by atoms with Crippen LogP contribution in [0, 0.1) is 0 Å². The molecule has 0 saturated heterocycles. The van der Waals surface area contributed by atoms with E-state index in [1.165, 1.54) is 6.07 Å². The van der Waals surface area contributed by atoms with Gasteiger partial charge in [-0.3, -0.25) is 4.79 Å². The highest BCUT2D eigenvalue weighted by molar-refractivity contribution is 6.35. The standard InChI is InChI=1S/C16H11Cl2NO4/c17-10-5-6-13(11(18)9-10)23-14-4-2-1-3-12(14)19-15(20)7-8-16(21)22/h1-9H,(H,19,20)(H,21,22)/b8-7-. The van der Waals surface area contributed by atoms with Crippen LogP contribution >= 0.6 is 23.2 Å². The molecule has 2 rings (SSSR count). The van der Waals surface area contributed by atoms with Crippen LogP contribution in [-0.2, 0) is 9.59 Å². The molecule has 23 heavy (non-hydrogen) atoms. The van der Waals surface area contributed by atoms with E-state index in [1.807, 2.05) is 0 Å². The summed E-state index contributed by atoms with van der Waals surface area (Å²) in [7, 11) is 0. The average Bonchev–Trinajstić information content (AvgIpc) is 2.50. The van der Waals surface area contributed by atoms with Crippen molar-refractivity contribution in [1.29, 1.82) is 0 Å². The highest BCUT2D eigenvalue weighted by Gasteiger charge is 2.09. The summed E-state index contributed by atoms with van der Waals surface area (Å²) in [6.45, 7) is 0. The zero-order valence-electron chi connectivity index (χ0n) is 11.6. The Morgan fingerprint density at radius 2 is 1.78 bits per heavy atom. The third-order valence-corrected chi connectivity index (χ3v) is 3.17. The van der Waals surface area contributed by atoms with Crippen molar-refractivity contribution in [3.05, 3.63) is 64.7 Å². The van der Waals surface area contributed by atoms with E-state index in [-0.39, 0.29) is 0 Å². The molecule has 0 aromatic heterocycles. The summed E-state index contributed by atoms with van der Waals surface area (Å²) >= 11 is 11.9. The molecule has 2 N–H and O–H groups in total. The molecule has 0 fully saturated rings. The number of rotatable bonds is 5. The predicted molar refractivity (Wildman–Crippen MR) is 88.4 cm³/mol. The molecule has 5 nitrogen and oxygen atoms in total. The fourth-order valence-corrected chi connectivity index (χ4v) is 2.10. The van der Waals surface area contributed by atoms with E-state index in [2.05, 4.69) is 5.32 Å². The van der Waals surface area contributed by atoms with Crippen LogP contribution in [0.2, 0.25) is 10.0 Å². The number of anilines is 1. The largest absolute Gasteiger partial charge is 0.478 e. The van der Waals surface area contributed by atoms with Crippen LogP contribution in [0.5, 0.6) is 11.5 Å². The third kappa shape index (κ3) is 5.02. The lowest BCUT2D eigenvalue weighted by atomic mass is 10.2. The number of para-hydroxylation sites is 2. The molecule has 1 amide bonds. The van der Waals surface area contributed by atoms with Crippen LogP contribution in [-0.4, -0.2) is 17.0 Å². The number of amides is 1. The fraction of sp³-hybridized carbons (Fsp3) is 0. The summed E-state index contributed by atoms with van der Waals surface area (Å²) < 4.78 is 5.68. The van der Waals surface area contributed by atoms with Gasteiger partial charge in [0.25, 0.3) is 0 Å². The van der Waals surface area contributed by atoms with Crippen molar-refractivity contribution >= 4 is 40.8 Å². The molecule has 0 heterocycles. The van der Waals surface area contributed by atoms with Crippen LogP contribution in [0.15, 0.2) is 54.6 Å². The highest BCUT2D eigenvalue weighted by Crippen LogP contribution is 2.34. The molecule has 2 aromatic carbocycles. The average molecular weight is 352 g/mol. The molecule has 0 bridgehead atoms. The van der Waals surface area contributed by atoms with E-state index in [9.17, 15) is 9.59 Å². The Kier molecular flexibility index (Phi) is 5.62. The first-order chi connectivity index (χ1) is 11.0. The first kappa shape index (κ1) is 16.9. The van der Waals surface area contributed by atoms with Crippen LogP contribution in [0.3, 0.4) is 0 Å². The minimum absolute atomic E-state index is 0.324. The third-order valence-electron chi connectivity index (χ3n) is 2.64. The van der Waals surface area contributed by atoms with Gasteiger partial charge in [-0.2, -0.15) is 0 Å². The molecular formula is C16H11Cl2NO4. The number of carboxylic acids is 1. The summed E-state index contributed by atoms with van der Waals surface area (Å²) in [5, 5.41) is 11.8. The van der Waals surface area contributed by atoms with Crippen LogP contribution in [0.4, 0.5) is 5.69 Å². The Morgan fingerprint density at radius 1 is 1.04 bits per heavy atom. The van der Waals surface area contributed by atoms with Gasteiger partial charge in [0.2, 0.25) is 5.91 Å². The van der Waals surface area contributed by atoms with Crippen molar-refractivity contribution < 1.29 is 19.4 Å². The lowest BCUT2D eigenvalue weighted by Crippen LogP contribution is -2.09. The Morgan fingerprint density at radius 3 is 2.48 bits per heavy atom. The number of carboxylic acid groups (broad SMARTS) is 1. The molecule has 7 heteroatoms. The quantitative estimate of drug-likeness (QED) is 0.784. The van der Waals surface area contributed by atoms with E-state index < -0.39 is 11.9 Å². The number of benzene rings is 2. The van der Waals surface area contributed by atoms with Crippen molar-refractivity contribution in [2.45, 2.75) is 0 Å². The lowest BCUT2D eigenvalue weighted by molar-refractivity contribution is -0.131. The topological polar surface area (TPSA) is 75.6 Å². The Labute approximate surface area is 142 Å². The number of aliphatic carboxylic acids is 1. The number of halogens is 2. The lowest BCUT2D eigenvalue weighted by Gasteiger charge is -2.12. The van der Waals surface area contributed by atoms with Gasteiger partial charge in [0.05, 0.1) is 10.7 Å². The number of carbonyl (C=O) groups excluding carboxylic acids is 1. The fourth-order valence-electron chi connectivity index (χ4n) is 1.66. The molecule has 0 spiro atoms. The van der Waals surface area contributed by atoms with E-state index >= 15 is 0 Å². The van der Waals surface area contributed by atoms with Crippen LogP contribution in [0.25, 0.3) is 0 Å². The number of nitrogens with one attached hydrogen (secondary N) is 1. The van der Waals surface area contributed by atoms with Crippen molar-refractivity contribution in [2.75, 3.05) is 5.32 Å². The van der Waals surface area contributed by atoms with Crippen molar-refractivity contribution in [3.63, 3.8) is 0 Å². The minimum Gasteiger partial charge on any atom is -0.478 e. The van der Waals surface area contributed by atoms with Gasteiger partial charge in [-0.15, -0.1) is 0 Å². The van der Waals surface area contributed by atoms with Gasteiger partial charge < -0.3 is 15.2 Å². The van der Waals surface area contributed by atoms with Crippen molar-refractivity contribution in [2.24, 2.45) is 0 Å².